The van der Waals surface area contributed by atoms with E-state index in [0.29, 0.717) is 24.5 Å². The molecule has 0 saturated carbocycles. The SMILES string of the molecule is CC(C)CC(NC(=O)CNC(=O)c1cc(Cl)ccc1Cl)B1OC(=O)[C@@H]2CN(C)C[C@@H](C(=O)O1)N2C. The Hall–Kier alpha value is -2.34. The highest BCUT2D eigenvalue weighted by Gasteiger charge is 2.49. The molecular weight excluding hydrogens is 498 g/mol. The second-order valence-electron chi connectivity index (χ2n) is 9.27. The summed E-state index contributed by atoms with van der Waals surface area (Å²) >= 11 is 12.0. The van der Waals surface area contributed by atoms with Gasteiger partial charge in [0.2, 0.25) is 5.91 Å². The van der Waals surface area contributed by atoms with E-state index in [1.807, 2.05) is 25.8 Å². The molecule has 3 atom stereocenters. The first-order valence-corrected chi connectivity index (χ1v) is 12.1. The fourth-order valence-electron chi connectivity index (χ4n) is 4.13. The molecule has 2 aliphatic rings. The summed E-state index contributed by atoms with van der Waals surface area (Å²) in [6.45, 7) is 4.29. The quantitative estimate of drug-likeness (QED) is 0.505. The van der Waals surface area contributed by atoms with Crippen LogP contribution < -0.4 is 10.6 Å². The van der Waals surface area contributed by atoms with Crippen LogP contribution in [0, 0.1) is 5.92 Å². The Morgan fingerprint density at radius 3 is 2.29 bits per heavy atom. The zero-order valence-corrected chi connectivity index (χ0v) is 21.6. The molecule has 0 spiro atoms. The smallest absolute Gasteiger partial charge is 0.497 e. The number of nitrogens with zero attached hydrogens (tertiary/aromatic N) is 2. The fourth-order valence-corrected chi connectivity index (χ4v) is 4.50. The third kappa shape index (κ3) is 6.87. The van der Waals surface area contributed by atoms with Crippen LogP contribution in [0.3, 0.4) is 0 Å². The molecule has 1 unspecified atom stereocenters. The van der Waals surface area contributed by atoms with Crippen molar-refractivity contribution >= 4 is 54.1 Å². The van der Waals surface area contributed by atoms with Gasteiger partial charge in [-0.25, -0.2) is 0 Å². The predicted molar refractivity (Wildman–Crippen MR) is 131 cm³/mol. The highest BCUT2D eigenvalue weighted by Crippen LogP contribution is 2.22. The first-order chi connectivity index (χ1) is 16.5. The van der Waals surface area contributed by atoms with E-state index < -0.39 is 48.9 Å². The normalized spacial score (nSPS) is 22.1. The average molecular weight is 527 g/mol. The van der Waals surface area contributed by atoms with Gasteiger partial charge in [0, 0.05) is 18.1 Å². The van der Waals surface area contributed by atoms with E-state index in [2.05, 4.69) is 10.6 Å². The number of hydrogen-bond acceptors (Lipinski definition) is 8. The summed E-state index contributed by atoms with van der Waals surface area (Å²) in [4.78, 5) is 54.4. The maximum atomic E-state index is 12.9. The largest absolute Gasteiger partial charge is 0.622 e. The summed E-state index contributed by atoms with van der Waals surface area (Å²) in [5.41, 5.74) is 0.134. The molecule has 2 fully saturated rings. The summed E-state index contributed by atoms with van der Waals surface area (Å²) in [5, 5.41) is 5.75. The molecule has 35 heavy (non-hydrogen) atoms. The molecule has 2 N–H and O–H groups in total. The average Bonchev–Trinajstić information content (AvgIpc) is 2.78. The number of hydrogen-bond donors (Lipinski definition) is 2. The van der Waals surface area contributed by atoms with E-state index in [0.717, 1.165) is 0 Å². The number of amides is 2. The van der Waals surface area contributed by atoms with Crippen molar-refractivity contribution in [3.05, 3.63) is 33.8 Å². The van der Waals surface area contributed by atoms with Crippen molar-refractivity contribution in [3.8, 4) is 0 Å². The van der Waals surface area contributed by atoms with Crippen molar-refractivity contribution in [2.75, 3.05) is 33.7 Å². The number of halogens is 2. The molecule has 2 saturated heterocycles. The van der Waals surface area contributed by atoms with Gasteiger partial charge in [0.1, 0.15) is 12.1 Å². The number of likely N-dealkylation sites (N-methyl/N-ethyl adjacent to an activating group) is 2. The molecular formula is C22H29BCl2N4O6. The highest BCUT2D eigenvalue weighted by atomic mass is 35.5. The van der Waals surface area contributed by atoms with Gasteiger partial charge in [-0.1, -0.05) is 37.0 Å². The Labute approximate surface area is 214 Å². The van der Waals surface area contributed by atoms with Crippen LogP contribution in [0.4, 0.5) is 0 Å². The third-order valence-corrected chi connectivity index (χ3v) is 6.51. The van der Waals surface area contributed by atoms with Crippen molar-refractivity contribution in [2.45, 2.75) is 38.3 Å². The van der Waals surface area contributed by atoms with E-state index in [-0.39, 0.29) is 23.0 Å². The minimum absolute atomic E-state index is 0.0799. The molecule has 0 radical (unpaired) electrons. The van der Waals surface area contributed by atoms with Gasteiger partial charge >= 0.3 is 19.1 Å². The molecule has 3 rings (SSSR count). The van der Waals surface area contributed by atoms with Crippen LogP contribution in [-0.2, 0) is 23.7 Å². The Balaban J connectivity index is 1.69. The molecule has 0 aromatic heterocycles. The van der Waals surface area contributed by atoms with Gasteiger partial charge in [-0.2, -0.15) is 0 Å². The van der Waals surface area contributed by atoms with Crippen molar-refractivity contribution in [3.63, 3.8) is 0 Å². The minimum atomic E-state index is -1.29. The number of nitrogens with one attached hydrogen (secondary N) is 2. The first-order valence-electron chi connectivity index (χ1n) is 11.3. The summed E-state index contributed by atoms with van der Waals surface area (Å²) in [6.07, 6.45) is 0.371. The van der Waals surface area contributed by atoms with Crippen molar-refractivity contribution in [2.24, 2.45) is 5.92 Å². The molecule has 10 nitrogen and oxygen atoms in total. The van der Waals surface area contributed by atoms with Gasteiger partial charge in [0.15, 0.2) is 0 Å². The van der Waals surface area contributed by atoms with E-state index in [4.69, 9.17) is 32.5 Å². The van der Waals surface area contributed by atoms with Crippen LogP contribution in [0.2, 0.25) is 10.0 Å². The van der Waals surface area contributed by atoms with Crippen LogP contribution in [0.1, 0.15) is 30.6 Å². The lowest BCUT2D eigenvalue weighted by atomic mass is 9.73. The Kier molecular flexibility index (Phi) is 9.03. The fraction of sp³-hybridized carbons (Fsp3) is 0.545. The first kappa shape index (κ1) is 27.3. The maximum absolute atomic E-state index is 12.9. The lowest BCUT2D eigenvalue weighted by Crippen LogP contribution is -2.66. The molecule has 2 heterocycles. The van der Waals surface area contributed by atoms with Gasteiger partial charge in [0.05, 0.1) is 23.1 Å². The lowest BCUT2D eigenvalue weighted by molar-refractivity contribution is -0.159. The van der Waals surface area contributed by atoms with Crippen LogP contribution in [0.5, 0.6) is 0 Å². The number of piperazine rings is 1. The lowest BCUT2D eigenvalue weighted by Gasteiger charge is -2.43. The van der Waals surface area contributed by atoms with Gasteiger partial charge in [-0.05, 0) is 44.6 Å². The predicted octanol–water partition coefficient (Wildman–Crippen LogP) is 0.996. The molecule has 1 aromatic rings. The Bertz CT molecular complexity index is 969. The van der Waals surface area contributed by atoms with E-state index in [1.165, 1.54) is 12.1 Å². The van der Waals surface area contributed by atoms with Crippen molar-refractivity contribution in [1.82, 2.24) is 20.4 Å². The van der Waals surface area contributed by atoms with E-state index in [9.17, 15) is 19.2 Å². The molecule has 13 heteroatoms. The summed E-state index contributed by atoms with van der Waals surface area (Å²) in [5.74, 6) is -2.91. The number of fused-ring (bicyclic) bond motifs is 2. The zero-order chi connectivity index (χ0) is 25.9. The zero-order valence-electron chi connectivity index (χ0n) is 20.0. The van der Waals surface area contributed by atoms with E-state index in [1.54, 1.807) is 18.0 Å². The van der Waals surface area contributed by atoms with Crippen molar-refractivity contribution < 1.29 is 28.5 Å². The Morgan fingerprint density at radius 2 is 1.71 bits per heavy atom. The molecule has 0 aliphatic carbocycles. The summed E-state index contributed by atoms with van der Waals surface area (Å²) < 4.78 is 11.1. The second-order valence-corrected chi connectivity index (χ2v) is 10.1. The van der Waals surface area contributed by atoms with Gasteiger partial charge in [-0.15, -0.1) is 0 Å². The van der Waals surface area contributed by atoms with Gasteiger partial charge in [-0.3, -0.25) is 24.1 Å². The molecule has 2 amide bonds. The van der Waals surface area contributed by atoms with Crippen LogP contribution in [-0.4, -0.2) is 92.4 Å². The van der Waals surface area contributed by atoms with Gasteiger partial charge in [0.25, 0.3) is 5.91 Å². The molecule has 2 bridgehead atoms. The molecule has 190 valence electrons. The molecule has 1 aromatic carbocycles. The summed E-state index contributed by atoms with van der Waals surface area (Å²) in [6, 6.07) is 3.17. The van der Waals surface area contributed by atoms with Gasteiger partial charge < -0.3 is 24.8 Å². The van der Waals surface area contributed by atoms with Crippen LogP contribution >= 0.6 is 23.2 Å². The third-order valence-electron chi connectivity index (χ3n) is 5.94. The Morgan fingerprint density at radius 1 is 1.11 bits per heavy atom. The number of rotatable bonds is 7. The van der Waals surface area contributed by atoms with Crippen LogP contribution in [0.25, 0.3) is 0 Å². The van der Waals surface area contributed by atoms with Crippen molar-refractivity contribution in [1.29, 1.82) is 0 Å². The number of carbonyl (C=O) groups is 4. The second kappa shape index (κ2) is 11.6. The standard InChI is InChI=1S/C22H29BCl2N4O6/c1-12(2)7-18(27-19(30)9-26-20(31)14-8-13(24)5-6-15(14)25)23-34-21(32)16-10-28(3)11-17(29(16)4)22(33)35-23/h5-6,8,12,16-18H,7,9-11H2,1-4H3,(H,26,31)(H,27,30)/t16-,17-,18?/m0/s1. The number of carbonyl (C=O) groups excluding carboxylic acids is 4. The molecule has 2 aliphatic heterocycles. The summed E-state index contributed by atoms with van der Waals surface area (Å²) in [7, 11) is 2.22. The number of benzene rings is 1. The topological polar surface area (TPSA) is 117 Å². The highest BCUT2D eigenvalue weighted by molar-refractivity contribution is 6.51. The maximum Gasteiger partial charge on any atom is 0.622 e. The minimum Gasteiger partial charge on any atom is -0.497 e. The van der Waals surface area contributed by atoms with Crippen LogP contribution in [0.15, 0.2) is 18.2 Å². The van der Waals surface area contributed by atoms with E-state index >= 15 is 0 Å². The monoisotopic (exact) mass is 526 g/mol.